The molecule has 0 aromatic heterocycles. The number of carbonyl (C=O) groups is 2. The van der Waals surface area contributed by atoms with Gasteiger partial charge in [-0.25, -0.2) is 0 Å². The zero-order valence-electron chi connectivity index (χ0n) is 14.1. The van der Waals surface area contributed by atoms with Gasteiger partial charge >= 0.3 is 5.97 Å². The zero-order chi connectivity index (χ0) is 17.7. The van der Waals surface area contributed by atoms with E-state index in [9.17, 15) is 14.7 Å². The third-order valence-electron chi connectivity index (χ3n) is 4.16. The second-order valence-corrected chi connectivity index (χ2v) is 7.00. The quantitative estimate of drug-likeness (QED) is 0.743. The van der Waals surface area contributed by atoms with Crippen molar-refractivity contribution in [2.24, 2.45) is 11.8 Å². The number of aliphatic hydroxyl groups is 1. The van der Waals surface area contributed by atoms with Gasteiger partial charge in [-0.1, -0.05) is 0 Å². The molecule has 0 atom stereocenters. The van der Waals surface area contributed by atoms with Crippen LogP contribution in [0.4, 0.5) is 5.69 Å². The van der Waals surface area contributed by atoms with Gasteiger partial charge in [0, 0.05) is 11.6 Å². The lowest BCUT2D eigenvalue weighted by molar-refractivity contribution is -0.143. The minimum atomic E-state index is -0.901. The summed E-state index contributed by atoms with van der Waals surface area (Å²) in [6.45, 7) is 3.52. The number of hydrogen-bond donors (Lipinski definition) is 3. The van der Waals surface area contributed by atoms with Gasteiger partial charge in [-0.3, -0.25) is 9.59 Å². The summed E-state index contributed by atoms with van der Waals surface area (Å²) in [7, 11) is 0. The van der Waals surface area contributed by atoms with Crippen LogP contribution in [0.25, 0.3) is 0 Å². The van der Waals surface area contributed by atoms with Crippen LogP contribution in [0.15, 0.2) is 24.3 Å². The topological polar surface area (TPSA) is 95.9 Å². The molecule has 1 fully saturated rings. The minimum absolute atomic E-state index is 0.0657. The van der Waals surface area contributed by atoms with Gasteiger partial charge in [-0.2, -0.15) is 0 Å². The molecule has 0 aliphatic heterocycles. The van der Waals surface area contributed by atoms with Crippen molar-refractivity contribution in [3.63, 3.8) is 0 Å². The number of nitrogens with one attached hydrogen (secondary N) is 1. The smallest absolute Gasteiger partial charge is 0.306 e. The molecule has 0 spiro atoms. The van der Waals surface area contributed by atoms with E-state index in [2.05, 4.69) is 5.32 Å². The summed E-state index contributed by atoms with van der Waals surface area (Å²) < 4.78 is 5.46. The van der Waals surface area contributed by atoms with Gasteiger partial charge in [-0.05, 0) is 63.8 Å². The minimum Gasteiger partial charge on any atom is -0.491 e. The van der Waals surface area contributed by atoms with Crippen LogP contribution < -0.4 is 10.1 Å². The van der Waals surface area contributed by atoms with Crippen molar-refractivity contribution in [2.75, 3.05) is 11.9 Å². The first kappa shape index (κ1) is 18.3. The van der Waals surface area contributed by atoms with Crippen molar-refractivity contribution in [1.82, 2.24) is 0 Å². The summed E-state index contributed by atoms with van der Waals surface area (Å²) >= 11 is 0. The highest BCUT2D eigenvalue weighted by atomic mass is 16.5. The molecule has 3 N–H and O–H groups in total. The Morgan fingerprint density at radius 3 is 2.17 bits per heavy atom. The Kier molecular flexibility index (Phi) is 5.83. The lowest BCUT2D eigenvalue weighted by atomic mass is 9.81. The normalized spacial score (nSPS) is 21.1. The molecule has 6 heteroatoms. The average Bonchev–Trinajstić information content (AvgIpc) is 2.53. The zero-order valence-corrected chi connectivity index (χ0v) is 14.1. The molecule has 0 unspecified atom stereocenters. The second-order valence-electron chi connectivity index (χ2n) is 7.00. The van der Waals surface area contributed by atoms with Crippen molar-refractivity contribution in [2.45, 2.75) is 45.1 Å². The predicted octanol–water partition coefficient (Wildman–Crippen LogP) is 2.67. The van der Waals surface area contributed by atoms with Crippen molar-refractivity contribution in [1.29, 1.82) is 0 Å². The van der Waals surface area contributed by atoms with Crippen molar-refractivity contribution >= 4 is 17.6 Å². The molecule has 0 saturated heterocycles. The Labute approximate surface area is 141 Å². The lowest BCUT2D eigenvalue weighted by Gasteiger charge is -2.25. The van der Waals surface area contributed by atoms with E-state index in [-0.39, 0.29) is 24.3 Å². The van der Waals surface area contributed by atoms with Crippen molar-refractivity contribution in [3.05, 3.63) is 24.3 Å². The van der Waals surface area contributed by atoms with Crippen LogP contribution in [0.2, 0.25) is 0 Å². The molecule has 6 nitrogen and oxygen atoms in total. The lowest BCUT2D eigenvalue weighted by Crippen LogP contribution is -2.29. The SMILES string of the molecule is CC(C)(O)COc1ccc(NC(=O)C2CCC(C(=O)O)CC2)cc1. The summed E-state index contributed by atoms with van der Waals surface area (Å²) in [5.41, 5.74) is -0.224. The fourth-order valence-electron chi connectivity index (χ4n) is 2.74. The molecule has 1 aromatic carbocycles. The molecule has 1 amide bonds. The first-order valence-corrected chi connectivity index (χ1v) is 8.23. The summed E-state index contributed by atoms with van der Waals surface area (Å²) in [6, 6.07) is 6.98. The largest absolute Gasteiger partial charge is 0.491 e. The van der Waals surface area contributed by atoms with Crippen LogP contribution in [-0.2, 0) is 9.59 Å². The van der Waals surface area contributed by atoms with Crippen molar-refractivity contribution in [3.8, 4) is 5.75 Å². The third-order valence-corrected chi connectivity index (χ3v) is 4.16. The molecule has 1 aliphatic carbocycles. The molecule has 1 saturated carbocycles. The molecular weight excluding hydrogens is 310 g/mol. The first-order valence-electron chi connectivity index (χ1n) is 8.23. The monoisotopic (exact) mass is 335 g/mol. The van der Waals surface area contributed by atoms with Crippen LogP contribution in [0.3, 0.4) is 0 Å². The van der Waals surface area contributed by atoms with Crippen LogP contribution in [-0.4, -0.2) is 34.3 Å². The van der Waals surface area contributed by atoms with E-state index in [0.717, 1.165) is 0 Å². The van der Waals surface area contributed by atoms with E-state index in [0.29, 0.717) is 37.1 Å². The Bertz CT molecular complexity index is 568. The number of amides is 1. The van der Waals surface area contributed by atoms with E-state index in [1.165, 1.54) is 0 Å². The van der Waals surface area contributed by atoms with Gasteiger partial charge < -0.3 is 20.3 Å². The van der Waals surface area contributed by atoms with Crippen LogP contribution >= 0.6 is 0 Å². The predicted molar refractivity (Wildman–Crippen MR) is 89.9 cm³/mol. The number of ether oxygens (including phenoxy) is 1. The Morgan fingerprint density at radius 2 is 1.67 bits per heavy atom. The number of carboxylic acids is 1. The number of rotatable bonds is 6. The molecule has 2 rings (SSSR count). The molecule has 0 heterocycles. The van der Waals surface area contributed by atoms with Crippen LogP contribution in [0.1, 0.15) is 39.5 Å². The van der Waals surface area contributed by atoms with E-state index in [4.69, 9.17) is 9.84 Å². The van der Waals surface area contributed by atoms with Gasteiger partial charge in [0.1, 0.15) is 12.4 Å². The van der Waals surface area contributed by atoms with Gasteiger partial charge in [-0.15, -0.1) is 0 Å². The Balaban J connectivity index is 1.83. The number of carboxylic acid groups (broad SMARTS) is 1. The standard InChI is InChI=1S/C18H25NO5/c1-18(2,23)11-24-15-9-7-14(8-10-15)19-16(20)12-3-5-13(6-4-12)17(21)22/h7-10,12-13,23H,3-6,11H2,1-2H3,(H,19,20)(H,21,22). The van der Waals surface area contributed by atoms with E-state index < -0.39 is 11.6 Å². The molecule has 1 aromatic rings. The third kappa shape index (κ3) is 5.53. The highest BCUT2D eigenvalue weighted by Crippen LogP contribution is 2.30. The van der Waals surface area contributed by atoms with Crippen molar-refractivity contribution < 1.29 is 24.5 Å². The summed E-state index contributed by atoms with van der Waals surface area (Å²) in [4.78, 5) is 23.2. The summed E-state index contributed by atoms with van der Waals surface area (Å²) in [6.07, 6.45) is 2.32. The Hall–Kier alpha value is -2.08. The Morgan fingerprint density at radius 1 is 1.12 bits per heavy atom. The summed E-state index contributed by atoms with van der Waals surface area (Å²) in [5, 5.41) is 21.5. The molecule has 132 valence electrons. The molecule has 0 radical (unpaired) electrons. The highest BCUT2D eigenvalue weighted by Gasteiger charge is 2.29. The van der Waals surface area contributed by atoms with E-state index >= 15 is 0 Å². The fraction of sp³-hybridized carbons (Fsp3) is 0.556. The van der Waals surface area contributed by atoms with Gasteiger partial charge in [0.15, 0.2) is 0 Å². The number of hydrogen-bond acceptors (Lipinski definition) is 4. The maximum absolute atomic E-state index is 12.3. The van der Waals surface area contributed by atoms with Gasteiger partial charge in [0.05, 0.1) is 11.5 Å². The van der Waals surface area contributed by atoms with E-state index in [1.807, 2.05) is 0 Å². The summed E-state index contributed by atoms with van der Waals surface area (Å²) in [5.74, 6) is -0.662. The van der Waals surface area contributed by atoms with Gasteiger partial charge in [0.2, 0.25) is 5.91 Å². The molecule has 1 aliphatic rings. The maximum atomic E-state index is 12.3. The first-order chi connectivity index (χ1) is 11.2. The maximum Gasteiger partial charge on any atom is 0.306 e. The van der Waals surface area contributed by atoms with Crippen LogP contribution in [0, 0.1) is 11.8 Å². The van der Waals surface area contributed by atoms with Gasteiger partial charge in [0.25, 0.3) is 0 Å². The number of carbonyl (C=O) groups excluding carboxylic acids is 1. The number of benzene rings is 1. The average molecular weight is 335 g/mol. The second kappa shape index (κ2) is 7.66. The number of anilines is 1. The molecule has 0 bridgehead atoms. The fourth-order valence-corrected chi connectivity index (χ4v) is 2.74. The van der Waals surface area contributed by atoms with Crippen LogP contribution in [0.5, 0.6) is 5.75 Å². The van der Waals surface area contributed by atoms with E-state index in [1.54, 1.807) is 38.1 Å². The number of aliphatic carboxylic acids is 1. The molecular formula is C18H25NO5. The highest BCUT2D eigenvalue weighted by molar-refractivity contribution is 5.92. The molecule has 24 heavy (non-hydrogen) atoms.